The predicted molar refractivity (Wildman–Crippen MR) is 179 cm³/mol. The second kappa shape index (κ2) is 9.39. The summed E-state index contributed by atoms with van der Waals surface area (Å²) in [5.41, 5.74) is 20.3. The van der Waals surface area contributed by atoms with Crippen LogP contribution in [0.3, 0.4) is 0 Å². The topological polar surface area (TPSA) is 6.48 Å². The van der Waals surface area contributed by atoms with Crippen molar-refractivity contribution in [3.63, 3.8) is 0 Å². The molecule has 204 valence electrons. The van der Waals surface area contributed by atoms with E-state index in [-0.39, 0.29) is 6.71 Å². The Balaban J connectivity index is 1.36. The van der Waals surface area contributed by atoms with Crippen LogP contribution in [0.2, 0.25) is 0 Å². The molecule has 9 rings (SSSR count). The highest BCUT2D eigenvalue weighted by Crippen LogP contribution is 2.46. The van der Waals surface area contributed by atoms with Crippen molar-refractivity contribution in [3.05, 3.63) is 114 Å². The molecule has 0 spiro atoms. The van der Waals surface area contributed by atoms with Gasteiger partial charge in [-0.05, 0) is 113 Å². The molecule has 0 N–H and O–H groups in total. The smallest absolute Gasteiger partial charge is 0.252 e. The van der Waals surface area contributed by atoms with E-state index < -0.39 is 0 Å². The van der Waals surface area contributed by atoms with Crippen molar-refractivity contribution < 1.29 is 0 Å². The third-order valence-corrected chi connectivity index (χ3v) is 10.2. The highest BCUT2D eigenvalue weighted by atomic mass is 15.2. The largest absolute Gasteiger partial charge is 0.342 e. The Morgan fingerprint density at radius 3 is 1.50 bits per heavy atom. The van der Waals surface area contributed by atoms with Crippen molar-refractivity contribution in [2.24, 2.45) is 0 Å². The van der Waals surface area contributed by atoms with Crippen molar-refractivity contribution >= 4 is 45.9 Å². The number of aryl methyl sites for hydroxylation is 1. The van der Waals surface area contributed by atoms with E-state index in [4.69, 9.17) is 0 Å². The lowest BCUT2D eigenvalue weighted by atomic mass is 9.33. The zero-order valence-corrected chi connectivity index (χ0v) is 24.4. The van der Waals surface area contributed by atoms with Crippen LogP contribution in [0.25, 0.3) is 22.3 Å². The fourth-order valence-corrected chi connectivity index (χ4v) is 8.52. The molecular weight excluding hydrogens is 507 g/mol. The average Bonchev–Trinajstić information content (AvgIpc) is 3.40. The van der Waals surface area contributed by atoms with Crippen LogP contribution in [0.4, 0.5) is 22.7 Å². The van der Waals surface area contributed by atoms with Crippen LogP contribution in [0.1, 0.15) is 42.4 Å². The lowest BCUT2D eigenvalue weighted by molar-refractivity contribution is 0.759. The molecule has 0 saturated carbocycles. The van der Waals surface area contributed by atoms with E-state index >= 15 is 0 Å². The minimum absolute atomic E-state index is 0.261. The first-order valence-electron chi connectivity index (χ1n) is 15.9. The van der Waals surface area contributed by atoms with Gasteiger partial charge in [-0.2, -0.15) is 0 Å². The lowest BCUT2D eigenvalue weighted by Crippen LogP contribution is -2.62. The quantitative estimate of drug-likeness (QED) is 0.214. The molecule has 4 heterocycles. The van der Waals surface area contributed by atoms with Crippen LogP contribution < -0.4 is 26.2 Å². The van der Waals surface area contributed by atoms with Gasteiger partial charge in [0.05, 0.1) is 0 Å². The Morgan fingerprint density at radius 1 is 0.548 bits per heavy atom. The van der Waals surface area contributed by atoms with Gasteiger partial charge in [-0.15, -0.1) is 0 Å². The van der Waals surface area contributed by atoms with E-state index in [9.17, 15) is 0 Å². The SMILES string of the molecule is Cc1cc2c3c(c1)N1CCCCc4c(-c5ccccc5)ccc(c41)B3c1ccc(-c3ccccc3)c3c1N2CCCC3. The molecule has 0 radical (unpaired) electrons. The fraction of sp³-hybridized carbons (Fsp3) is 0.231. The van der Waals surface area contributed by atoms with Gasteiger partial charge in [0.1, 0.15) is 0 Å². The molecule has 0 aliphatic carbocycles. The highest BCUT2D eigenvalue weighted by molar-refractivity contribution is 7.00. The van der Waals surface area contributed by atoms with Crippen LogP contribution in [-0.4, -0.2) is 19.8 Å². The zero-order chi connectivity index (χ0) is 27.8. The van der Waals surface area contributed by atoms with Gasteiger partial charge in [0.2, 0.25) is 0 Å². The molecule has 0 fully saturated rings. The molecule has 4 aliphatic heterocycles. The Morgan fingerprint density at radius 2 is 1.02 bits per heavy atom. The molecule has 0 atom stereocenters. The molecule has 0 saturated heterocycles. The van der Waals surface area contributed by atoms with Gasteiger partial charge in [0.25, 0.3) is 6.71 Å². The molecule has 42 heavy (non-hydrogen) atoms. The van der Waals surface area contributed by atoms with Gasteiger partial charge >= 0.3 is 0 Å². The number of fused-ring (bicyclic) bond motifs is 4. The van der Waals surface area contributed by atoms with Crippen molar-refractivity contribution in [3.8, 4) is 22.3 Å². The summed E-state index contributed by atoms with van der Waals surface area (Å²) in [5, 5.41) is 0. The van der Waals surface area contributed by atoms with Crippen LogP contribution in [0, 0.1) is 6.92 Å². The second-order valence-electron chi connectivity index (χ2n) is 12.7. The number of benzene rings is 5. The van der Waals surface area contributed by atoms with E-state index in [1.165, 1.54) is 92.6 Å². The fourth-order valence-electron chi connectivity index (χ4n) is 8.52. The van der Waals surface area contributed by atoms with Gasteiger partial charge in [0.15, 0.2) is 0 Å². The Kier molecular flexibility index (Phi) is 5.45. The van der Waals surface area contributed by atoms with Crippen LogP contribution in [0.5, 0.6) is 0 Å². The van der Waals surface area contributed by atoms with Crippen LogP contribution in [-0.2, 0) is 12.8 Å². The molecular formula is C39H35BN2. The van der Waals surface area contributed by atoms with E-state index in [1.807, 2.05) is 0 Å². The van der Waals surface area contributed by atoms with Crippen molar-refractivity contribution in [1.29, 1.82) is 0 Å². The summed E-state index contributed by atoms with van der Waals surface area (Å²) in [7, 11) is 0. The predicted octanol–water partition coefficient (Wildman–Crippen LogP) is 7.42. The third kappa shape index (κ3) is 3.46. The molecule has 0 aromatic heterocycles. The standard InChI is InChI=1S/C39H35BN2/c1-26-24-35-37-36(25-26)42-23-11-9-17-32-30(28-14-6-3-7-15-28)19-21-34(39(32)42)40(37)33-20-18-29(27-12-4-2-5-13-27)31-16-8-10-22-41(35)38(31)33/h2-7,12-15,18-21,24-25H,8-11,16-17,22-23H2,1H3. The molecule has 0 amide bonds. The van der Waals surface area contributed by atoms with Crippen molar-refractivity contribution in [2.75, 3.05) is 22.9 Å². The molecule has 5 aromatic carbocycles. The van der Waals surface area contributed by atoms with Gasteiger partial charge in [-0.3, -0.25) is 0 Å². The van der Waals surface area contributed by atoms with Crippen LogP contribution in [0.15, 0.2) is 97.1 Å². The average molecular weight is 543 g/mol. The van der Waals surface area contributed by atoms with Crippen molar-refractivity contribution in [1.82, 2.24) is 0 Å². The summed E-state index contributed by atoms with van der Waals surface area (Å²) in [5.74, 6) is 0. The molecule has 3 heteroatoms. The monoisotopic (exact) mass is 542 g/mol. The summed E-state index contributed by atoms with van der Waals surface area (Å²) < 4.78 is 0. The maximum atomic E-state index is 2.72. The van der Waals surface area contributed by atoms with E-state index in [2.05, 4.69) is 114 Å². The summed E-state index contributed by atoms with van der Waals surface area (Å²) in [6.45, 7) is 4.74. The summed E-state index contributed by atoms with van der Waals surface area (Å²) in [6, 6.07) is 36.9. The highest BCUT2D eigenvalue weighted by Gasteiger charge is 2.45. The first-order valence-corrected chi connectivity index (χ1v) is 15.9. The lowest BCUT2D eigenvalue weighted by Gasteiger charge is -2.45. The Hall–Kier alpha value is -4.24. The van der Waals surface area contributed by atoms with E-state index in [1.54, 1.807) is 11.1 Å². The number of anilines is 4. The summed E-state index contributed by atoms with van der Waals surface area (Å²) in [6.07, 6.45) is 7.20. The van der Waals surface area contributed by atoms with Gasteiger partial charge in [0, 0.05) is 35.8 Å². The molecule has 5 aromatic rings. The van der Waals surface area contributed by atoms with Crippen LogP contribution >= 0.6 is 0 Å². The molecule has 0 bridgehead atoms. The first kappa shape index (κ1) is 24.4. The number of nitrogens with zero attached hydrogens (tertiary/aromatic N) is 2. The van der Waals surface area contributed by atoms with Gasteiger partial charge in [-0.1, -0.05) is 84.9 Å². The number of rotatable bonds is 2. The summed E-state index contributed by atoms with van der Waals surface area (Å²) in [4.78, 5) is 5.43. The Bertz CT molecular complexity index is 1730. The molecule has 0 unspecified atom stereocenters. The number of hydrogen-bond acceptors (Lipinski definition) is 2. The molecule has 2 nitrogen and oxygen atoms in total. The van der Waals surface area contributed by atoms with Gasteiger partial charge < -0.3 is 9.80 Å². The van der Waals surface area contributed by atoms with E-state index in [0.29, 0.717) is 0 Å². The van der Waals surface area contributed by atoms with E-state index in [0.717, 1.165) is 25.9 Å². The maximum absolute atomic E-state index is 2.72. The maximum Gasteiger partial charge on any atom is 0.252 e. The van der Waals surface area contributed by atoms with Crippen molar-refractivity contribution in [2.45, 2.75) is 45.4 Å². The first-order chi connectivity index (χ1) is 20.8. The Labute approximate surface area is 249 Å². The molecule has 4 aliphatic rings. The minimum atomic E-state index is 0.261. The summed E-state index contributed by atoms with van der Waals surface area (Å²) >= 11 is 0. The minimum Gasteiger partial charge on any atom is -0.342 e. The zero-order valence-electron chi connectivity index (χ0n) is 24.4. The second-order valence-corrected chi connectivity index (χ2v) is 12.7. The third-order valence-electron chi connectivity index (χ3n) is 10.2. The van der Waals surface area contributed by atoms with Gasteiger partial charge in [-0.25, -0.2) is 0 Å². The normalized spacial score (nSPS) is 16.3. The number of hydrogen-bond donors (Lipinski definition) is 0.